The maximum atomic E-state index is 5.19. The minimum Gasteiger partial charge on any atom is -0.380 e. The number of nitrogens with one attached hydrogen (secondary N) is 1. The van der Waals surface area contributed by atoms with Gasteiger partial charge in [-0.15, -0.1) is 0 Å². The predicted octanol–water partition coefficient (Wildman–Crippen LogP) is 3.97. The third-order valence-electron chi connectivity index (χ3n) is 3.57. The summed E-state index contributed by atoms with van der Waals surface area (Å²) in [5.74, 6) is 2.18. The fourth-order valence-corrected chi connectivity index (χ4v) is 3.05. The van der Waals surface area contributed by atoms with Crippen molar-refractivity contribution in [2.24, 2.45) is 0 Å². The van der Waals surface area contributed by atoms with Crippen molar-refractivity contribution in [1.29, 1.82) is 0 Å². The lowest BCUT2D eigenvalue weighted by Crippen LogP contribution is -2.03. The number of hydrogen-bond donors (Lipinski definition) is 1. The summed E-state index contributed by atoms with van der Waals surface area (Å²) in [4.78, 5) is 9.40. The van der Waals surface area contributed by atoms with E-state index in [-0.39, 0.29) is 0 Å². The van der Waals surface area contributed by atoms with Gasteiger partial charge in [0.1, 0.15) is 5.82 Å². The first-order valence-corrected chi connectivity index (χ1v) is 7.85. The normalized spacial score (nSPS) is 14.2. The maximum absolute atomic E-state index is 5.19. The van der Waals surface area contributed by atoms with Crippen molar-refractivity contribution in [2.75, 3.05) is 19.5 Å². The van der Waals surface area contributed by atoms with Crippen molar-refractivity contribution in [3.05, 3.63) is 40.0 Å². The second-order valence-electron chi connectivity index (χ2n) is 5.25. The molecule has 1 fully saturated rings. The summed E-state index contributed by atoms with van der Waals surface area (Å²) in [6, 6.07) is 8.19. The number of hydrogen-bond acceptors (Lipinski definition) is 4. The van der Waals surface area contributed by atoms with E-state index in [1.165, 1.54) is 12.8 Å². The van der Waals surface area contributed by atoms with Crippen LogP contribution in [0.3, 0.4) is 0 Å². The van der Waals surface area contributed by atoms with Gasteiger partial charge in [0.05, 0.1) is 16.8 Å². The largest absolute Gasteiger partial charge is 0.380 e. The Bertz CT molecular complexity index is 656. The Morgan fingerprint density at radius 2 is 2.14 bits per heavy atom. The second-order valence-corrected chi connectivity index (χ2v) is 6.05. The molecule has 21 heavy (non-hydrogen) atoms. The van der Waals surface area contributed by atoms with Crippen LogP contribution in [0.4, 0.5) is 5.82 Å². The second kappa shape index (κ2) is 6.12. The predicted molar refractivity (Wildman–Crippen MR) is 87.4 cm³/mol. The van der Waals surface area contributed by atoms with Gasteiger partial charge in [0, 0.05) is 25.6 Å². The summed E-state index contributed by atoms with van der Waals surface area (Å²) < 4.78 is 6.18. The summed E-state index contributed by atoms with van der Waals surface area (Å²) in [7, 11) is 3.59. The molecule has 5 heteroatoms. The quantitative estimate of drug-likeness (QED) is 0.888. The molecule has 1 heterocycles. The molecule has 3 rings (SSSR count). The van der Waals surface area contributed by atoms with Crippen LogP contribution in [0.25, 0.3) is 11.4 Å². The summed E-state index contributed by atoms with van der Waals surface area (Å²) in [5, 5.41) is 3.15. The first-order chi connectivity index (χ1) is 10.2. The van der Waals surface area contributed by atoms with Crippen LogP contribution in [0.15, 0.2) is 28.7 Å². The smallest absolute Gasteiger partial charge is 0.161 e. The van der Waals surface area contributed by atoms with E-state index in [1.807, 2.05) is 25.2 Å². The fourth-order valence-electron chi connectivity index (χ4n) is 2.35. The zero-order valence-corrected chi connectivity index (χ0v) is 13.8. The van der Waals surface area contributed by atoms with E-state index in [0.29, 0.717) is 12.5 Å². The lowest BCUT2D eigenvalue weighted by Gasteiger charge is -2.11. The Kier molecular flexibility index (Phi) is 4.22. The zero-order valence-electron chi connectivity index (χ0n) is 12.2. The molecule has 0 spiro atoms. The SMILES string of the molecule is CNc1nc(-c2cccc(COC)c2)nc(C2CC2)c1Br. The van der Waals surface area contributed by atoms with Crippen molar-refractivity contribution >= 4 is 21.7 Å². The highest BCUT2D eigenvalue weighted by Crippen LogP contribution is 2.44. The van der Waals surface area contributed by atoms with Crippen molar-refractivity contribution in [2.45, 2.75) is 25.4 Å². The molecule has 0 unspecified atom stereocenters. The third kappa shape index (κ3) is 3.09. The van der Waals surface area contributed by atoms with Gasteiger partial charge in [0.15, 0.2) is 5.82 Å². The Morgan fingerprint density at radius 3 is 2.81 bits per heavy atom. The first-order valence-electron chi connectivity index (χ1n) is 7.06. The van der Waals surface area contributed by atoms with Crippen molar-refractivity contribution < 1.29 is 4.74 Å². The standard InChI is InChI=1S/C16H18BrN3O/c1-18-16-13(17)14(11-6-7-11)19-15(20-16)12-5-3-4-10(8-12)9-21-2/h3-5,8,11H,6-7,9H2,1-2H3,(H,18,19,20). The number of rotatable bonds is 5. The molecule has 4 nitrogen and oxygen atoms in total. The number of nitrogens with zero attached hydrogens (tertiary/aromatic N) is 2. The number of benzene rings is 1. The molecule has 1 saturated carbocycles. The minimum absolute atomic E-state index is 0.565. The van der Waals surface area contributed by atoms with E-state index in [0.717, 1.165) is 32.9 Å². The van der Waals surface area contributed by atoms with Gasteiger partial charge in [0.2, 0.25) is 0 Å². The van der Waals surface area contributed by atoms with Gasteiger partial charge in [0.25, 0.3) is 0 Å². The van der Waals surface area contributed by atoms with E-state index >= 15 is 0 Å². The van der Waals surface area contributed by atoms with Crippen LogP contribution in [-0.2, 0) is 11.3 Å². The van der Waals surface area contributed by atoms with Crippen molar-refractivity contribution in [3.8, 4) is 11.4 Å². The lowest BCUT2D eigenvalue weighted by atomic mass is 10.1. The molecule has 0 radical (unpaired) electrons. The Hall–Kier alpha value is -1.46. The minimum atomic E-state index is 0.565. The van der Waals surface area contributed by atoms with Gasteiger partial charge < -0.3 is 10.1 Å². The highest BCUT2D eigenvalue weighted by molar-refractivity contribution is 9.10. The molecule has 0 amide bonds. The summed E-state index contributed by atoms with van der Waals surface area (Å²) >= 11 is 3.62. The van der Waals surface area contributed by atoms with E-state index in [2.05, 4.69) is 32.3 Å². The van der Waals surface area contributed by atoms with E-state index < -0.39 is 0 Å². The Labute approximate surface area is 133 Å². The van der Waals surface area contributed by atoms with Crippen molar-refractivity contribution in [1.82, 2.24) is 9.97 Å². The van der Waals surface area contributed by atoms with Crippen LogP contribution in [0.5, 0.6) is 0 Å². The number of halogens is 1. The number of aromatic nitrogens is 2. The Balaban J connectivity index is 2.05. The Morgan fingerprint density at radius 1 is 1.33 bits per heavy atom. The molecule has 0 atom stereocenters. The molecule has 1 aromatic carbocycles. The molecular formula is C16H18BrN3O. The molecule has 110 valence electrons. The molecule has 2 aromatic rings. The molecule has 1 N–H and O–H groups in total. The monoisotopic (exact) mass is 347 g/mol. The zero-order chi connectivity index (χ0) is 14.8. The van der Waals surface area contributed by atoms with Gasteiger partial charge in [-0.1, -0.05) is 18.2 Å². The van der Waals surface area contributed by atoms with Gasteiger partial charge in [-0.05, 0) is 40.4 Å². The van der Waals surface area contributed by atoms with Crippen LogP contribution < -0.4 is 5.32 Å². The van der Waals surface area contributed by atoms with Crippen molar-refractivity contribution in [3.63, 3.8) is 0 Å². The van der Waals surface area contributed by atoms with Gasteiger partial charge in [-0.3, -0.25) is 0 Å². The van der Waals surface area contributed by atoms with E-state index in [9.17, 15) is 0 Å². The summed E-state index contributed by atoms with van der Waals surface area (Å²) in [6.07, 6.45) is 2.42. The maximum Gasteiger partial charge on any atom is 0.161 e. The summed E-state index contributed by atoms with van der Waals surface area (Å²) in [6.45, 7) is 0.596. The highest BCUT2D eigenvalue weighted by atomic mass is 79.9. The van der Waals surface area contributed by atoms with Gasteiger partial charge >= 0.3 is 0 Å². The number of methoxy groups -OCH3 is 1. The van der Waals surface area contributed by atoms with Gasteiger partial charge in [-0.25, -0.2) is 9.97 Å². The molecule has 0 bridgehead atoms. The van der Waals surface area contributed by atoms with Crippen LogP contribution in [-0.4, -0.2) is 24.1 Å². The van der Waals surface area contributed by atoms with Crippen LogP contribution in [0.1, 0.15) is 30.0 Å². The van der Waals surface area contributed by atoms with Crippen LogP contribution >= 0.6 is 15.9 Å². The van der Waals surface area contributed by atoms with E-state index in [1.54, 1.807) is 7.11 Å². The first kappa shape index (κ1) is 14.5. The number of ether oxygens (including phenoxy) is 1. The number of anilines is 1. The average molecular weight is 348 g/mol. The molecule has 0 aliphatic heterocycles. The molecule has 0 saturated heterocycles. The molecule has 1 aliphatic carbocycles. The van der Waals surface area contributed by atoms with E-state index in [4.69, 9.17) is 9.72 Å². The van der Waals surface area contributed by atoms with Crippen LogP contribution in [0.2, 0.25) is 0 Å². The molecule has 1 aromatic heterocycles. The average Bonchev–Trinajstić information content (AvgIpc) is 3.33. The van der Waals surface area contributed by atoms with Crippen LogP contribution in [0, 0.1) is 0 Å². The lowest BCUT2D eigenvalue weighted by molar-refractivity contribution is 0.185. The topological polar surface area (TPSA) is 47.0 Å². The third-order valence-corrected chi connectivity index (χ3v) is 4.36. The summed E-state index contributed by atoms with van der Waals surface area (Å²) in [5.41, 5.74) is 3.26. The molecular weight excluding hydrogens is 330 g/mol. The fraction of sp³-hybridized carbons (Fsp3) is 0.375. The highest BCUT2D eigenvalue weighted by Gasteiger charge is 2.29. The van der Waals surface area contributed by atoms with Gasteiger partial charge in [-0.2, -0.15) is 0 Å². The molecule has 1 aliphatic rings.